The van der Waals surface area contributed by atoms with Gasteiger partial charge >= 0.3 is 35.9 Å². The number of carbonyl (C=O) groups is 2. The Bertz CT molecular complexity index is 1380. The van der Waals surface area contributed by atoms with Crippen molar-refractivity contribution in [3.05, 3.63) is 76.9 Å². The Hall–Kier alpha value is -2.97. The Labute approximate surface area is 268 Å². The van der Waals surface area contributed by atoms with Crippen LogP contribution in [0.5, 0.6) is 5.75 Å². The van der Waals surface area contributed by atoms with Gasteiger partial charge in [0.15, 0.2) is 0 Å². The van der Waals surface area contributed by atoms with E-state index in [-0.39, 0.29) is 78.3 Å². The van der Waals surface area contributed by atoms with Gasteiger partial charge in [0.2, 0.25) is 0 Å². The van der Waals surface area contributed by atoms with Gasteiger partial charge in [-0.05, 0) is 81.5 Å². The average Bonchev–Trinajstić information content (AvgIpc) is 3.30. The summed E-state index contributed by atoms with van der Waals surface area (Å²) in [5, 5.41) is 35.4. The number of aliphatic carboxylic acids is 1. The van der Waals surface area contributed by atoms with E-state index in [4.69, 9.17) is 0 Å². The van der Waals surface area contributed by atoms with Gasteiger partial charge in [0.1, 0.15) is 11.6 Å². The minimum absolute atomic E-state index is 0. The molecule has 0 aliphatic heterocycles. The number of amides is 1. The van der Waals surface area contributed by atoms with Crippen molar-refractivity contribution in [3.63, 3.8) is 0 Å². The van der Waals surface area contributed by atoms with Crippen molar-refractivity contribution >= 4 is 11.9 Å². The Morgan fingerprint density at radius 2 is 1.74 bits per heavy atom. The minimum atomic E-state index is -4.84. The molecule has 0 aliphatic carbocycles. The van der Waals surface area contributed by atoms with Crippen LogP contribution in [0.25, 0.3) is 5.69 Å². The number of rotatable bonds is 13. The molecule has 1 aromatic heterocycles. The van der Waals surface area contributed by atoms with Crippen molar-refractivity contribution in [1.82, 2.24) is 14.7 Å². The van der Waals surface area contributed by atoms with E-state index in [0.717, 1.165) is 0 Å². The fourth-order valence-corrected chi connectivity index (χ4v) is 4.50. The van der Waals surface area contributed by atoms with E-state index in [1.54, 1.807) is 13.8 Å². The standard InChI is InChI=1S/C29H33F4N3O6.Na/c1-17(2)35(16-19-4-11-26(18(3)12-19)42-29(31,32)33)28(41)24-15-34-36(21-7-5-20(30)6-8-21)25(24)10-9-22(37)13-23(38)14-27(39)40;/h4-8,11-12,15,17,22-23,37-38H,9-10,13-14,16H2,1-3H3,(H,39,40);/q;+1/p-1/t22-,23-;/m1./s1. The first kappa shape index (κ1) is 36.2. The van der Waals surface area contributed by atoms with Crippen LogP contribution in [-0.2, 0) is 17.8 Å². The van der Waals surface area contributed by atoms with E-state index >= 15 is 0 Å². The molecule has 0 spiro atoms. The number of carboxylic acid groups (broad SMARTS) is 1. The number of carboxylic acids is 1. The summed E-state index contributed by atoms with van der Waals surface area (Å²) in [6.07, 6.45) is -6.66. The first-order chi connectivity index (χ1) is 19.6. The molecule has 2 N–H and O–H groups in total. The van der Waals surface area contributed by atoms with Gasteiger partial charge in [0.05, 0.1) is 35.3 Å². The quantitative estimate of drug-likeness (QED) is 0.211. The van der Waals surface area contributed by atoms with Gasteiger partial charge in [0, 0.05) is 25.0 Å². The predicted octanol–water partition coefficient (Wildman–Crippen LogP) is 0.458. The van der Waals surface area contributed by atoms with E-state index < -0.39 is 42.7 Å². The summed E-state index contributed by atoms with van der Waals surface area (Å²) < 4.78 is 57.1. The molecule has 2 atom stereocenters. The normalized spacial score (nSPS) is 12.9. The van der Waals surface area contributed by atoms with Crippen LogP contribution in [0.4, 0.5) is 17.6 Å². The van der Waals surface area contributed by atoms with Crippen molar-refractivity contribution in [3.8, 4) is 11.4 Å². The summed E-state index contributed by atoms with van der Waals surface area (Å²) in [4.78, 5) is 26.1. The third-order valence-electron chi connectivity index (χ3n) is 6.53. The Kier molecular flexibility index (Phi) is 13.2. The largest absolute Gasteiger partial charge is 1.00 e. The van der Waals surface area contributed by atoms with Crippen molar-refractivity contribution < 1.29 is 76.8 Å². The molecule has 9 nitrogen and oxygen atoms in total. The summed E-state index contributed by atoms with van der Waals surface area (Å²) in [6, 6.07) is 9.17. The van der Waals surface area contributed by atoms with Crippen LogP contribution in [0.1, 0.15) is 60.3 Å². The topological polar surface area (TPSA) is 128 Å². The van der Waals surface area contributed by atoms with Gasteiger partial charge in [0.25, 0.3) is 5.91 Å². The molecule has 1 heterocycles. The second kappa shape index (κ2) is 15.7. The van der Waals surface area contributed by atoms with Crippen molar-refractivity contribution in [2.75, 3.05) is 0 Å². The number of benzene rings is 2. The number of aliphatic hydroxyl groups is 2. The molecule has 14 heteroatoms. The SMILES string of the molecule is Cc1cc(CN(C(=O)c2cnn(-c3ccc(F)cc3)c2CC[C@@H](O)C[C@@H](O)CC(=O)[O-])C(C)C)ccc1OC(F)(F)F.[Na+]. The third kappa shape index (κ3) is 10.6. The molecule has 0 saturated heterocycles. The van der Waals surface area contributed by atoms with Crippen LogP contribution in [0.3, 0.4) is 0 Å². The van der Waals surface area contributed by atoms with Crippen LogP contribution in [0, 0.1) is 12.7 Å². The molecule has 0 unspecified atom stereocenters. The van der Waals surface area contributed by atoms with Gasteiger partial charge in [-0.3, -0.25) is 4.79 Å². The number of nitrogens with zero attached hydrogens (tertiary/aromatic N) is 3. The fraction of sp³-hybridized carbons (Fsp3) is 0.414. The van der Waals surface area contributed by atoms with E-state index in [9.17, 15) is 42.5 Å². The minimum Gasteiger partial charge on any atom is -0.550 e. The molecule has 0 saturated carbocycles. The van der Waals surface area contributed by atoms with E-state index in [0.29, 0.717) is 16.9 Å². The van der Waals surface area contributed by atoms with Crippen molar-refractivity contribution in [1.29, 1.82) is 0 Å². The zero-order valence-electron chi connectivity index (χ0n) is 24.3. The molecule has 0 radical (unpaired) electrons. The molecule has 0 aliphatic rings. The first-order valence-electron chi connectivity index (χ1n) is 13.2. The van der Waals surface area contributed by atoms with Gasteiger partial charge < -0.3 is 29.8 Å². The van der Waals surface area contributed by atoms with Crippen LogP contribution < -0.4 is 39.4 Å². The monoisotopic (exact) mass is 617 g/mol. The van der Waals surface area contributed by atoms with Crippen LogP contribution in [0.15, 0.2) is 48.7 Å². The molecule has 228 valence electrons. The molecule has 2 aromatic carbocycles. The number of alkyl halides is 3. The van der Waals surface area contributed by atoms with Crippen LogP contribution >= 0.6 is 0 Å². The number of hydrogen-bond donors (Lipinski definition) is 2. The van der Waals surface area contributed by atoms with E-state index in [1.807, 2.05) is 0 Å². The number of halogens is 4. The van der Waals surface area contributed by atoms with E-state index in [2.05, 4.69) is 9.84 Å². The number of aryl methyl sites for hydroxylation is 1. The van der Waals surface area contributed by atoms with Crippen molar-refractivity contribution in [2.45, 2.75) is 77.6 Å². The van der Waals surface area contributed by atoms with Crippen LogP contribution in [-0.4, -0.2) is 61.4 Å². The second-order valence-electron chi connectivity index (χ2n) is 10.2. The number of aromatic nitrogens is 2. The summed E-state index contributed by atoms with van der Waals surface area (Å²) in [5.41, 5.74) is 1.82. The third-order valence-corrected chi connectivity index (χ3v) is 6.53. The summed E-state index contributed by atoms with van der Waals surface area (Å²) >= 11 is 0. The van der Waals surface area contributed by atoms with Crippen LogP contribution in [0.2, 0.25) is 0 Å². The molecule has 0 fully saturated rings. The maximum absolute atomic E-state index is 13.9. The summed E-state index contributed by atoms with van der Waals surface area (Å²) in [7, 11) is 0. The van der Waals surface area contributed by atoms with Gasteiger partial charge in [-0.15, -0.1) is 13.2 Å². The summed E-state index contributed by atoms with van der Waals surface area (Å²) in [6.45, 7) is 5.08. The average molecular weight is 618 g/mol. The summed E-state index contributed by atoms with van der Waals surface area (Å²) in [5.74, 6) is -2.72. The number of aliphatic hydroxyl groups excluding tert-OH is 2. The number of hydrogen-bond acceptors (Lipinski definition) is 7. The molecular formula is C29H32F4N3NaO6. The second-order valence-corrected chi connectivity index (χ2v) is 10.2. The van der Waals surface area contributed by atoms with Crippen molar-refractivity contribution in [2.24, 2.45) is 0 Å². The zero-order valence-corrected chi connectivity index (χ0v) is 26.3. The predicted molar refractivity (Wildman–Crippen MR) is 141 cm³/mol. The van der Waals surface area contributed by atoms with E-state index in [1.165, 1.54) is 65.2 Å². The maximum atomic E-state index is 13.9. The Morgan fingerprint density at radius 3 is 2.30 bits per heavy atom. The first-order valence-corrected chi connectivity index (χ1v) is 13.2. The van der Waals surface area contributed by atoms with Gasteiger partial charge in [-0.1, -0.05) is 12.1 Å². The Balaban J connectivity index is 0.00000645. The fourth-order valence-electron chi connectivity index (χ4n) is 4.50. The smallest absolute Gasteiger partial charge is 0.550 e. The number of ether oxygens (including phenoxy) is 1. The van der Waals surface area contributed by atoms with Gasteiger partial charge in [-0.2, -0.15) is 5.10 Å². The Morgan fingerprint density at radius 1 is 1.09 bits per heavy atom. The molecule has 0 bridgehead atoms. The molecule has 3 rings (SSSR count). The maximum Gasteiger partial charge on any atom is 1.00 e. The molecule has 43 heavy (non-hydrogen) atoms. The molecule has 3 aromatic rings. The number of carbonyl (C=O) groups excluding carboxylic acids is 2. The molecular weight excluding hydrogens is 585 g/mol. The zero-order chi connectivity index (χ0) is 31.2. The van der Waals surface area contributed by atoms with Gasteiger partial charge in [-0.25, -0.2) is 9.07 Å². The molecule has 1 amide bonds.